The molecule has 1 rings (SSSR count). The first kappa shape index (κ1) is 11.6. The van der Waals surface area contributed by atoms with Crippen LogP contribution in [0.25, 0.3) is 0 Å². The van der Waals surface area contributed by atoms with Gasteiger partial charge in [-0.05, 0) is 31.3 Å². The Morgan fingerprint density at radius 3 is 2.86 bits per heavy atom. The Balaban J connectivity index is 2.45. The topological polar surface area (TPSA) is 37.8 Å². The zero-order valence-electron chi connectivity index (χ0n) is 9.21. The minimum Gasteiger partial charge on any atom is -0.309 e. The molecular weight excluding hydrogens is 194 g/mol. The first-order chi connectivity index (χ1) is 6.77. The van der Waals surface area contributed by atoms with Gasteiger partial charge in [-0.25, -0.2) is 0 Å². The molecule has 1 N–H and O–H groups in total. The predicted molar refractivity (Wildman–Crippen MR) is 60.5 cm³/mol. The number of hydrogen-bond acceptors (Lipinski definition) is 4. The lowest BCUT2D eigenvalue weighted by Crippen LogP contribution is -2.24. The highest BCUT2D eigenvalue weighted by Gasteiger charge is 2.07. The van der Waals surface area contributed by atoms with E-state index in [4.69, 9.17) is 0 Å². The Morgan fingerprint density at radius 1 is 1.43 bits per heavy atom. The van der Waals surface area contributed by atoms with Crippen molar-refractivity contribution in [3.63, 3.8) is 0 Å². The van der Waals surface area contributed by atoms with E-state index in [1.807, 2.05) is 0 Å². The fourth-order valence-corrected chi connectivity index (χ4v) is 1.83. The number of hydrogen-bond donors (Lipinski definition) is 1. The highest BCUT2D eigenvalue weighted by Crippen LogP contribution is 2.12. The molecule has 0 aliphatic heterocycles. The third-order valence-corrected chi connectivity index (χ3v) is 3.11. The number of aryl methyl sites for hydroxylation is 1. The van der Waals surface area contributed by atoms with Crippen LogP contribution in [0, 0.1) is 0 Å². The molecule has 0 aromatic carbocycles. The van der Waals surface area contributed by atoms with Gasteiger partial charge in [0.15, 0.2) is 0 Å². The van der Waals surface area contributed by atoms with E-state index in [0.29, 0.717) is 6.04 Å². The lowest BCUT2D eigenvalue weighted by Gasteiger charge is -2.09. The van der Waals surface area contributed by atoms with Gasteiger partial charge in [0.2, 0.25) is 0 Å². The summed E-state index contributed by atoms with van der Waals surface area (Å²) in [7, 11) is 0. The van der Waals surface area contributed by atoms with Crippen molar-refractivity contribution in [1.82, 2.24) is 14.9 Å². The molecule has 1 heterocycles. The van der Waals surface area contributed by atoms with Crippen LogP contribution in [0.15, 0.2) is 0 Å². The summed E-state index contributed by atoms with van der Waals surface area (Å²) in [5.41, 5.74) is 1.17. The summed E-state index contributed by atoms with van der Waals surface area (Å²) in [6.07, 6.45) is 3.35. The highest BCUT2D eigenvalue weighted by molar-refractivity contribution is 7.05. The van der Waals surface area contributed by atoms with Crippen molar-refractivity contribution >= 4 is 11.5 Å². The summed E-state index contributed by atoms with van der Waals surface area (Å²) < 4.78 is 4.00. The van der Waals surface area contributed by atoms with Crippen molar-refractivity contribution < 1.29 is 0 Å². The molecule has 0 saturated heterocycles. The molecule has 0 radical (unpaired) electrons. The smallest absolute Gasteiger partial charge is 0.0800 e. The molecule has 0 saturated carbocycles. The van der Waals surface area contributed by atoms with Crippen LogP contribution in [0.1, 0.15) is 44.2 Å². The average Bonchev–Trinajstić information content (AvgIpc) is 2.62. The molecule has 0 spiro atoms. The fourth-order valence-electron chi connectivity index (χ4n) is 1.20. The second-order valence-corrected chi connectivity index (χ2v) is 4.42. The van der Waals surface area contributed by atoms with Crippen molar-refractivity contribution in [3.8, 4) is 0 Å². The van der Waals surface area contributed by atoms with E-state index in [1.54, 1.807) is 0 Å². The average molecular weight is 213 g/mol. The standard InChI is InChI=1S/C10H19N3S/c1-4-6-9-10(14-13-12-9)7-11-8(3)5-2/h8,11H,4-7H2,1-3H3. The van der Waals surface area contributed by atoms with Gasteiger partial charge in [0.05, 0.1) is 10.6 Å². The van der Waals surface area contributed by atoms with Crippen LogP contribution in [-0.4, -0.2) is 15.6 Å². The normalized spacial score (nSPS) is 13.1. The quantitative estimate of drug-likeness (QED) is 0.788. The molecule has 0 aliphatic carbocycles. The number of nitrogens with zero attached hydrogens (tertiary/aromatic N) is 2. The van der Waals surface area contributed by atoms with Gasteiger partial charge >= 0.3 is 0 Å². The third kappa shape index (κ3) is 3.35. The van der Waals surface area contributed by atoms with Gasteiger partial charge in [-0.3, -0.25) is 0 Å². The van der Waals surface area contributed by atoms with Crippen LogP contribution in [0.3, 0.4) is 0 Å². The van der Waals surface area contributed by atoms with Gasteiger partial charge in [0.25, 0.3) is 0 Å². The summed E-state index contributed by atoms with van der Waals surface area (Å²) in [4.78, 5) is 1.30. The molecule has 80 valence electrons. The lowest BCUT2D eigenvalue weighted by molar-refractivity contribution is 0.535. The van der Waals surface area contributed by atoms with Gasteiger partial charge < -0.3 is 5.32 Å². The molecule has 1 aromatic heterocycles. The Kier molecular flexibility index (Phi) is 5.04. The maximum absolute atomic E-state index is 4.14. The molecule has 1 aromatic rings. The molecule has 0 fully saturated rings. The van der Waals surface area contributed by atoms with Crippen molar-refractivity contribution in [1.29, 1.82) is 0 Å². The van der Waals surface area contributed by atoms with Crippen LogP contribution in [0.4, 0.5) is 0 Å². The van der Waals surface area contributed by atoms with Crippen LogP contribution >= 0.6 is 11.5 Å². The van der Waals surface area contributed by atoms with Gasteiger partial charge in [-0.2, -0.15) is 0 Å². The van der Waals surface area contributed by atoms with Gasteiger partial charge in [0, 0.05) is 12.6 Å². The van der Waals surface area contributed by atoms with Crippen molar-refractivity contribution in [2.75, 3.05) is 0 Å². The maximum atomic E-state index is 4.14. The van der Waals surface area contributed by atoms with Gasteiger partial charge in [-0.15, -0.1) is 5.10 Å². The van der Waals surface area contributed by atoms with Gasteiger partial charge in [0.1, 0.15) is 0 Å². The molecule has 0 aliphatic rings. The van der Waals surface area contributed by atoms with Crippen LogP contribution in [0.5, 0.6) is 0 Å². The Labute approximate surface area is 90.1 Å². The van der Waals surface area contributed by atoms with E-state index in [1.165, 1.54) is 22.1 Å². The van der Waals surface area contributed by atoms with E-state index in [-0.39, 0.29) is 0 Å². The number of rotatable bonds is 6. The molecule has 3 nitrogen and oxygen atoms in total. The van der Waals surface area contributed by atoms with Crippen LogP contribution in [-0.2, 0) is 13.0 Å². The second kappa shape index (κ2) is 6.09. The van der Waals surface area contributed by atoms with E-state index < -0.39 is 0 Å². The van der Waals surface area contributed by atoms with E-state index in [2.05, 4.69) is 35.7 Å². The maximum Gasteiger partial charge on any atom is 0.0800 e. The summed E-state index contributed by atoms with van der Waals surface area (Å²) in [5.74, 6) is 0. The van der Waals surface area contributed by atoms with E-state index >= 15 is 0 Å². The molecule has 0 amide bonds. The van der Waals surface area contributed by atoms with Crippen molar-refractivity contribution in [2.24, 2.45) is 0 Å². The minimum atomic E-state index is 0.576. The van der Waals surface area contributed by atoms with E-state index in [0.717, 1.165) is 25.8 Å². The van der Waals surface area contributed by atoms with E-state index in [9.17, 15) is 0 Å². The lowest BCUT2D eigenvalue weighted by atomic mass is 10.2. The zero-order valence-corrected chi connectivity index (χ0v) is 10.0. The molecule has 0 bridgehead atoms. The summed E-state index contributed by atoms with van der Waals surface area (Å²) in [5, 5.41) is 7.60. The monoisotopic (exact) mass is 213 g/mol. The first-order valence-corrected chi connectivity index (χ1v) is 6.08. The highest BCUT2D eigenvalue weighted by atomic mass is 32.1. The van der Waals surface area contributed by atoms with Crippen LogP contribution < -0.4 is 5.32 Å². The predicted octanol–water partition coefficient (Wildman–Crippen LogP) is 2.38. The molecular formula is C10H19N3S. The fraction of sp³-hybridized carbons (Fsp3) is 0.800. The number of nitrogens with one attached hydrogen (secondary N) is 1. The largest absolute Gasteiger partial charge is 0.309 e. The molecule has 14 heavy (non-hydrogen) atoms. The minimum absolute atomic E-state index is 0.576. The SMILES string of the molecule is CCCc1nnsc1CNC(C)CC. The van der Waals surface area contributed by atoms with Crippen LogP contribution in [0.2, 0.25) is 0 Å². The summed E-state index contributed by atoms with van der Waals surface area (Å²) in [6, 6.07) is 0.576. The zero-order chi connectivity index (χ0) is 10.4. The Bertz CT molecular complexity index is 260. The van der Waals surface area contributed by atoms with Crippen molar-refractivity contribution in [3.05, 3.63) is 10.6 Å². The first-order valence-electron chi connectivity index (χ1n) is 5.31. The summed E-state index contributed by atoms with van der Waals surface area (Å²) >= 11 is 1.52. The van der Waals surface area contributed by atoms with Crippen molar-refractivity contribution in [2.45, 2.75) is 52.6 Å². The Hall–Kier alpha value is -0.480. The second-order valence-electron chi connectivity index (χ2n) is 3.58. The Morgan fingerprint density at radius 2 is 2.21 bits per heavy atom. The molecule has 1 atom stereocenters. The summed E-state index contributed by atoms with van der Waals surface area (Å²) in [6.45, 7) is 7.48. The number of aromatic nitrogens is 2. The molecule has 1 unspecified atom stereocenters. The molecule has 4 heteroatoms. The van der Waals surface area contributed by atoms with Gasteiger partial charge in [-0.1, -0.05) is 24.8 Å². The third-order valence-electron chi connectivity index (χ3n) is 2.34.